The fourth-order valence-corrected chi connectivity index (χ4v) is 4.81. The van der Waals surface area contributed by atoms with Crippen LogP contribution in [-0.2, 0) is 19.6 Å². The largest absolute Gasteiger partial charge is 0.469 e. The molecule has 2 heterocycles. The third-order valence-corrected chi connectivity index (χ3v) is 6.52. The monoisotopic (exact) mass is 332 g/mol. The maximum atomic E-state index is 12.3. The van der Waals surface area contributed by atoms with Crippen molar-refractivity contribution in [1.29, 1.82) is 0 Å². The van der Waals surface area contributed by atoms with Gasteiger partial charge in [-0.1, -0.05) is 6.92 Å². The van der Waals surface area contributed by atoms with Crippen LogP contribution in [0, 0.1) is 5.92 Å². The Bertz CT molecular complexity index is 563. The number of methoxy groups -OCH3 is 1. The summed E-state index contributed by atoms with van der Waals surface area (Å²) in [7, 11) is -2.15. The summed E-state index contributed by atoms with van der Waals surface area (Å²) in [6.45, 7) is 3.83. The van der Waals surface area contributed by atoms with Gasteiger partial charge in [0.2, 0.25) is 10.0 Å². The Morgan fingerprint density at radius 1 is 1.38 bits per heavy atom. The van der Waals surface area contributed by atoms with Gasteiger partial charge in [0.1, 0.15) is 0 Å². The molecule has 8 heteroatoms. The summed E-state index contributed by atoms with van der Waals surface area (Å²) >= 11 is 1.65. The lowest BCUT2D eigenvalue weighted by atomic mass is 10.2. The minimum Gasteiger partial charge on any atom is -0.469 e. The van der Waals surface area contributed by atoms with Crippen LogP contribution in [0.5, 0.6) is 0 Å². The third kappa shape index (κ3) is 3.96. The van der Waals surface area contributed by atoms with Crippen LogP contribution in [-0.4, -0.2) is 57.7 Å². The van der Waals surface area contributed by atoms with Crippen molar-refractivity contribution in [3.05, 3.63) is 17.5 Å². The van der Waals surface area contributed by atoms with Crippen molar-refractivity contribution in [2.24, 2.45) is 5.92 Å². The number of hydrogen-bond acceptors (Lipinski definition) is 6. The van der Waals surface area contributed by atoms with Crippen molar-refractivity contribution in [2.75, 3.05) is 43.9 Å². The first-order valence-electron chi connectivity index (χ1n) is 6.78. The summed E-state index contributed by atoms with van der Waals surface area (Å²) < 4.78 is 30.7. The van der Waals surface area contributed by atoms with E-state index in [1.807, 2.05) is 17.5 Å². The predicted molar refractivity (Wildman–Crippen MR) is 83.1 cm³/mol. The number of piperazine rings is 1. The van der Waals surface area contributed by atoms with Gasteiger partial charge in [0.05, 0.1) is 23.8 Å². The van der Waals surface area contributed by atoms with Crippen molar-refractivity contribution in [3.8, 4) is 0 Å². The number of sulfonamides is 1. The molecule has 0 amide bonds. The van der Waals surface area contributed by atoms with Crippen LogP contribution in [0.15, 0.2) is 17.5 Å². The van der Waals surface area contributed by atoms with E-state index in [4.69, 9.17) is 0 Å². The molecule has 1 aromatic heterocycles. The Kier molecular flexibility index (Phi) is 5.23. The molecule has 1 unspecified atom stereocenters. The molecule has 0 spiro atoms. The van der Waals surface area contributed by atoms with Crippen LogP contribution < -0.4 is 4.90 Å². The topological polar surface area (TPSA) is 66.9 Å². The molecule has 1 atom stereocenters. The molecule has 0 radical (unpaired) electrons. The van der Waals surface area contributed by atoms with Gasteiger partial charge in [-0.15, -0.1) is 11.3 Å². The van der Waals surface area contributed by atoms with Gasteiger partial charge in [0.25, 0.3) is 0 Å². The molecule has 2 rings (SSSR count). The van der Waals surface area contributed by atoms with E-state index in [1.165, 1.54) is 11.4 Å². The summed E-state index contributed by atoms with van der Waals surface area (Å²) in [5, 5.41) is 3.17. The number of anilines is 1. The number of nitrogens with zero attached hydrogens (tertiary/aromatic N) is 2. The summed E-state index contributed by atoms with van der Waals surface area (Å²) in [6, 6.07) is 4.02. The predicted octanol–water partition coefficient (Wildman–Crippen LogP) is 1.01. The fourth-order valence-electron chi connectivity index (χ4n) is 2.33. The lowest BCUT2D eigenvalue weighted by Crippen LogP contribution is -2.49. The molecule has 0 bridgehead atoms. The zero-order valence-corrected chi connectivity index (χ0v) is 13.8. The molecule has 1 aliphatic rings. The molecule has 0 aliphatic carbocycles. The number of ether oxygens (including phenoxy) is 1. The smallest absolute Gasteiger partial charge is 0.309 e. The lowest BCUT2D eigenvalue weighted by Gasteiger charge is -2.34. The van der Waals surface area contributed by atoms with Gasteiger partial charge >= 0.3 is 5.97 Å². The van der Waals surface area contributed by atoms with Crippen LogP contribution >= 0.6 is 11.3 Å². The number of thiophene rings is 1. The van der Waals surface area contributed by atoms with E-state index >= 15 is 0 Å². The molecule has 1 aliphatic heterocycles. The highest BCUT2D eigenvalue weighted by atomic mass is 32.2. The molecule has 0 N–H and O–H groups in total. The van der Waals surface area contributed by atoms with Crippen LogP contribution in [0.25, 0.3) is 0 Å². The van der Waals surface area contributed by atoms with Gasteiger partial charge < -0.3 is 9.64 Å². The average Bonchev–Trinajstić information content (AvgIpc) is 3.00. The minimum atomic E-state index is -3.42. The fraction of sp³-hybridized carbons (Fsp3) is 0.615. The van der Waals surface area contributed by atoms with Gasteiger partial charge in [0, 0.05) is 26.2 Å². The standard InChI is InChI=1S/C13H20N2O4S2/c1-11(13(16)19-2)10-21(17,18)15-7-5-14(6-8-15)12-4-3-9-20-12/h3-4,9,11H,5-8,10H2,1-2H3. The average molecular weight is 332 g/mol. The van der Waals surface area contributed by atoms with Crippen molar-refractivity contribution in [2.45, 2.75) is 6.92 Å². The quantitative estimate of drug-likeness (QED) is 0.753. The molecular weight excluding hydrogens is 312 g/mol. The van der Waals surface area contributed by atoms with Crippen molar-refractivity contribution in [3.63, 3.8) is 0 Å². The van der Waals surface area contributed by atoms with Crippen molar-refractivity contribution in [1.82, 2.24) is 4.31 Å². The number of hydrogen-bond donors (Lipinski definition) is 0. The highest BCUT2D eigenvalue weighted by Crippen LogP contribution is 2.23. The van der Waals surface area contributed by atoms with Crippen LogP contribution in [0.4, 0.5) is 5.00 Å². The maximum absolute atomic E-state index is 12.3. The van der Waals surface area contributed by atoms with Crippen molar-refractivity contribution >= 4 is 32.3 Å². The van der Waals surface area contributed by atoms with Crippen molar-refractivity contribution < 1.29 is 17.9 Å². The lowest BCUT2D eigenvalue weighted by molar-refractivity contribution is -0.144. The Labute approximate surface area is 129 Å². The molecule has 1 aromatic rings. The second kappa shape index (κ2) is 6.76. The summed E-state index contributed by atoms with van der Waals surface area (Å²) in [6.07, 6.45) is 0. The van der Waals surface area contributed by atoms with Gasteiger partial charge in [0.15, 0.2) is 0 Å². The number of carbonyl (C=O) groups excluding carboxylic acids is 1. The molecule has 0 aromatic carbocycles. The number of rotatable bonds is 5. The minimum absolute atomic E-state index is 0.196. The maximum Gasteiger partial charge on any atom is 0.309 e. The molecular formula is C13H20N2O4S2. The normalized spacial score (nSPS) is 18.5. The zero-order valence-electron chi connectivity index (χ0n) is 12.2. The van der Waals surface area contributed by atoms with E-state index in [1.54, 1.807) is 18.3 Å². The third-order valence-electron chi connectivity index (χ3n) is 3.51. The molecule has 1 saturated heterocycles. The highest BCUT2D eigenvalue weighted by molar-refractivity contribution is 7.89. The first kappa shape index (κ1) is 16.3. The Morgan fingerprint density at radius 3 is 2.57 bits per heavy atom. The Hall–Kier alpha value is -1.12. The van der Waals surface area contributed by atoms with E-state index < -0.39 is 21.9 Å². The van der Waals surface area contributed by atoms with Gasteiger partial charge in [-0.2, -0.15) is 4.31 Å². The van der Waals surface area contributed by atoms with E-state index in [0.717, 1.165) is 5.00 Å². The van der Waals surface area contributed by atoms with Gasteiger partial charge in [-0.3, -0.25) is 4.79 Å². The first-order valence-corrected chi connectivity index (χ1v) is 9.27. The molecule has 0 saturated carbocycles. The summed E-state index contributed by atoms with van der Waals surface area (Å²) in [5.41, 5.74) is 0. The molecule has 6 nitrogen and oxygen atoms in total. The van der Waals surface area contributed by atoms with E-state index in [9.17, 15) is 13.2 Å². The summed E-state index contributed by atoms with van der Waals surface area (Å²) in [5.74, 6) is -1.33. The van der Waals surface area contributed by atoms with Crippen LogP contribution in [0.3, 0.4) is 0 Å². The SMILES string of the molecule is COC(=O)C(C)CS(=O)(=O)N1CCN(c2cccs2)CC1. The highest BCUT2D eigenvalue weighted by Gasteiger charge is 2.30. The Morgan fingerprint density at radius 2 is 2.05 bits per heavy atom. The number of carbonyl (C=O) groups is 1. The zero-order chi connectivity index (χ0) is 15.5. The molecule has 118 valence electrons. The van der Waals surface area contributed by atoms with Crippen LogP contribution in [0.1, 0.15) is 6.92 Å². The molecule has 1 fully saturated rings. The molecule has 21 heavy (non-hydrogen) atoms. The van der Waals surface area contributed by atoms with E-state index in [-0.39, 0.29) is 5.75 Å². The van der Waals surface area contributed by atoms with Gasteiger partial charge in [-0.05, 0) is 17.5 Å². The van der Waals surface area contributed by atoms with Gasteiger partial charge in [-0.25, -0.2) is 8.42 Å². The van der Waals surface area contributed by atoms with E-state index in [0.29, 0.717) is 26.2 Å². The number of esters is 1. The first-order chi connectivity index (χ1) is 9.94. The second-order valence-electron chi connectivity index (χ2n) is 5.04. The second-order valence-corrected chi connectivity index (χ2v) is 7.98. The summed E-state index contributed by atoms with van der Waals surface area (Å²) in [4.78, 5) is 13.5. The Balaban J connectivity index is 1.93. The van der Waals surface area contributed by atoms with E-state index in [2.05, 4.69) is 9.64 Å². The van der Waals surface area contributed by atoms with Crippen LogP contribution in [0.2, 0.25) is 0 Å².